The van der Waals surface area contributed by atoms with Gasteiger partial charge in [-0.1, -0.05) is 17.7 Å². The summed E-state index contributed by atoms with van der Waals surface area (Å²) in [6.07, 6.45) is 4.26. The molecule has 2 aromatic heterocycles. The zero-order chi connectivity index (χ0) is 16.4. The Balaban J connectivity index is 1.64. The highest BCUT2D eigenvalue weighted by Gasteiger charge is 2.14. The highest BCUT2D eigenvalue weighted by molar-refractivity contribution is 6.33. The Morgan fingerprint density at radius 2 is 2.04 bits per heavy atom. The number of hydrogen-bond donors (Lipinski definition) is 1. The average molecular weight is 336 g/mol. The molecule has 0 radical (unpaired) electrons. The predicted octanol–water partition coefficient (Wildman–Crippen LogP) is 3.24. The van der Waals surface area contributed by atoms with E-state index in [1.54, 1.807) is 0 Å². The third-order valence-corrected chi connectivity index (χ3v) is 3.65. The number of hydrogen-bond acceptors (Lipinski definition) is 2. The van der Waals surface area contributed by atoms with Crippen molar-refractivity contribution in [3.8, 4) is 0 Å². The van der Waals surface area contributed by atoms with Gasteiger partial charge in [-0.15, -0.1) is 0 Å². The van der Waals surface area contributed by atoms with Gasteiger partial charge in [-0.3, -0.25) is 4.79 Å². The fourth-order valence-electron chi connectivity index (χ4n) is 2.20. The Bertz CT molecular complexity index is 846. The number of halogens is 3. The van der Waals surface area contributed by atoms with Crippen molar-refractivity contribution in [3.05, 3.63) is 70.6 Å². The summed E-state index contributed by atoms with van der Waals surface area (Å²) in [5, 5.41) is 2.49. The third kappa shape index (κ3) is 3.32. The van der Waals surface area contributed by atoms with Crippen LogP contribution in [0.3, 0.4) is 0 Å². The minimum atomic E-state index is -1.11. The number of pyridine rings is 1. The first kappa shape index (κ1) is 15.4. The van der Waals surface area contributed by atoms with E-state index in [9.17, 15) is 13.6 Å². The summed E-state index contributed by atoms with van der Waals surface area (Å²) in [6, 6.07) is 7.24. The molecule has 0 aliphatic heterocycles. The lowest BCUT2D eigenvalue weighted by Crippen LogP contribution is -2.26. The first-order valence-corrected chi connectivity index (χ1v) is 7.28. The number of carbonyl (C=O) groups excluding carboxylic acids is 1. The summed E-state index contributed by atoms with van der Waals surface area (Å²) >= 11 is 5.76. The lowest BCUT2D eigenvalue weighted by Gasteiger charge is -2.06. The third-order valence-electron chi connectivity index (χ3n) is 3.34. The molecule has 7 heteroatoms. The Labute approximate surface area is 135 Å². The van der Waals surface area contributed by atoms with Crippen LogP contribution in [0.15, 0.2) is 42.7 Å². The molecule has 0 unspecified atom stereocenters. The molecular weight excluding hydrogens is 324 g/mol. The van der Waals surface area contributed by atoms with Crippen molar-refractivity contribution in [3.63, 3.8) is 0 Å². The van der Waals surface area contributed by atoms with E-state index in [4.69, 9.17) is 11.6 Å². The van der Waals surface area contributed by atoms with Crippen LogP contribution >= 0.6 is 11.6 Å². The van der Waals surface area contributed by atoms with Gasteiger partial charge in [0.2, 0.25) is 0 Å². The second-order valence-corrected chi connectivity index (χ2v) is 5.36. The molecule has 0 saturated heterocycles. The highest BCUT2D eigenvalue weighted by Crippen LogP contribution is 2.19. The summed E-state index contributed by atoms with van der Waals surface area (Å²) in [5.41, 5.74) is 1.53. The van der Waals surface area contributed by atoms with Gasteiger partial charge >= 0.3 is 0 Å². The number of carbonyl (C=O) groups is 1. The number of fused-ring (bicyclic) bond motifs is 1. The predicted molar refractivity (Wildman–Crippen MR) is 82.6 cm³/mol. The number of nitrogens with zero attached hydrogens (tertiary/aromatic N) is 2. The van der Waals surface area contributed by atoms with Crippen LogP contribution in [0, 0.1) is 11.6 Å². The minimum absolute atomic E-state index is 0.0967. The summed E-state index contributed by atoms with van der Waals surface area (Å²) in [4.78, 5) is 16.4. The number of nitrogens with one attached hydrogen (secondary N) is 1. The van der Waals surface area contributed by atoms with Gasteiger partial charge in [0, 0.05) is 25.4 Å². The van der Waals surface area contributed by atoms with Crippen molar-refractivity contribution in [1.29, 1.82) is 0 Å². The van der Waals surface area contributed by atoms with Gasteiger partial charge in [-0.25, -0.2) is 13.8 Å². The van der Waals surface area contributed by atoms with E-state index in [0.29, 0.717) is 13.0 Å². The van der Waals surface area contributed by atoms with Crippen LogP contribution in [-0.2, 0) is 6.42 Å². The van der Waals surface area contributed by atoms with Crippen molar-refractivity contribution in [2.45, 2.75) is 6.42 Å². The van der Waals surface area contributed by atoms with E-state index in [1.807, 2.05) is 35.0 Å². The van der Waals surface area contributed by atoms with Gasteiger partial charge in [-0.05, 0) is 24.3 Å². The van der Waals surface area contributed by atoms with Gasteiger partial charge in [0.25, 0.3) is 5.91 Å². The largest absolute Gasteiger partial charge is 0.352 e. The number of imidazole rings is 1. The highest BCUT2D eigenvalue weighted by atomic mass is 35.5. The van der Waals surface area contributed by atoms with Crippen LogP contribution < -0.4 is 5.32 Å². The molecule has 3 rings (SSSR count). The number of rotatable bonds is 4. The van der Waals surface area contributed by atoms with Crippen LogP contribution in [0.5, 0.6) is 0 Å². The molecule has 0 fully saturated rings. The van der Waals surface area contributed by atoms with Crippen molar-refractivity contribution in [2.24, 2.45) is 0 Å². The first-order valence-electron chi connectivity index (χ1n) is 6.90. The molecule has 0 spiro atoms. The fourth-order valence-corrected chi connectivity index (χ4v) is 2.44. The van der Waals surface area contributed by atoms with Gasteiger partial charge < -0.3 is 9.72 Å². The van der Waals surface area contributed by atoms with Crippen molar-refractivity contribution < 1.29 is 13.6 Å². The smallest absolute Gasteiger partial charge is 0.252 e. The monoisotopic (exact) mass is 335 g/mol. The maximum absolute atomic E-state index is 13.2. The second kappa shape index (κ2) is 6.34. The molecule has 0 aliphatic carbocycles. The molecule has 4 nitrogen and oxygen atoms in total. The molecule has 0 saturated carbocycles. The molecule has 0 atom stereocenters. The summed E-state index contributed by atoms with van der Waals surface area (Å²) in [7, 11) is 0. The van der Waals surface area contributed by atoms with E-state index >= 15 is 0 Å². The molecule has 1 amide bonds. The van der Waals surface area contributed by atoms with E-state index < -0.39 is 17.5 Å². The fraction of sp³-hybridized carbons (Fsp3) is 0.125. The van der Waals surface area contributed by atoms with Crippen LogP contribution in [0.1, 0.15) is 16.1 Å². The normalized spacial score (nSPS) is 10.9. The molecule has 1 aromatic carbocycles. The average Bonchev–Trinajstić information content (AvgIpc) is 2.93. The molecule has 2 heterocycles. The molecule has 3 aromatic rings. The SMILES string of the molecule is O=C(NCCc1cn2ccccc2n1)c1cc(F)c(F)cc1Cl. The number of amides is 1. The first-order chi connectivity index (χ1) is 11.0. The zero-order valence-electron chi connectivity index (χ0n) is 11.9. The summed E-state index contributed by atoms with van der Waals surface area (Å²) in [5.74, 6) is -2.76. The molecular formula is C16H12ClF2N3O. The lowest BCUT2D eigenvalue weighted by molar-refractivity contribution is 0.0953. The zero-order valence-corrected chi connectivity index (χ0v) is 12.6. The maximum Gasteiger partial charge on any atom is 0.252 e. The summed E-state index contributed by atoms with van der Waals surface area (Å²) in [6.45, 7) is 0.304. The van der Waals surface area contributed by atoms with Gasteiger partial charge in [0.05, 0.1) is 16.3 Å². The van der Waals surface area contributed by atoms with Crippen LogP contribution in [-0.4, -0.2) is 21.8 Å². The Hall–Kier alpha value is -2.47. The Morgan fingerprint density at radius 1 is 1.26 bits per heavy atom. The van der Waals surface area contributed by atoms with Crippen LogP contribution in [0.4, 0.5) is 8.78 Å². The quantitative estimate of drug-likeness (QED) is 0.744. The number of benzene rings is 1. The molecule has 118 valence electrons. The molecule has 1 N–H and O–H groups in total. The van der Waals surface area contributed by atoms with E-state index in [0.717, 1.165) is 23.5 Å². The van der Waals surface area contributed by atoms with E-state index in [-0.39, 0.29) is 10.6 Å². The van der Waals surface area contributed by atoms with Crippen molar-refractivity contribution in [2.75, 3.05) is 6.54 Å². The second-order valence-electron chi connectivity index (χ2n) is 4.95. The Morgan fingerprint density at radius 3 is 2.83 bits per heavy atom. The van der Waals surface area contributed by atoms with Crippen LogP contribution in [0.2, 0.25) is 5.02 Å². The maximum atomic E-state index is 13.2. The van der Waals surface area contributed by atoms with Crippen LogP contribution in [0.25, 0.3) is 5.65 Å². The van der Waals surface area contributed by atoms with E-state index in [1.165, 1.54) is 0 Å². The molecule has 23 heavy (non-hydrogen) atoms. The summed E-state index contributed by atoms with van der Waals surface area (Å²) < 4.78 is 28.1. The van der Waals surface area contributed by atoms with Crippen molar-refractivity contribution >= 4 is 23.2 Å². The molecule has 0 bridgehead atoms. The van der Waals surface area contributed by atoms with Gasteiger partial charge in [0.15, 0.2) is 11.6 Å². The van der Waals surface area contributed by atoms with Crippen molar-refractivity contribution in [1.82, 2.24) is 14.7 Å². The lowest BCUT2D eigenvalue weighted by atomic mass is 10.2. The minimum Gasteiger partial charge on any atom is -0.352 e. The van der Waals surface area contributed by atoms with Gasteiger partial charge in [-0.2, -0.15) is 0 Å². The van der Waals surface area contributed by atoms with E-state index in [2.05, 4.69) is 10.3 Å². The molecule has 0 aliphatic rings. The number of aromatic nitrogens is 2. The topological polar surface area (TPSA) is 46.4 Å². The Kier molecular flexibility index (Phi) is 4.25. The standard InChI is InChI=1S/C16H12ClF2N3O/c17-12-8-14(19)13(18)7-11(12)16(23)20-5-4-10-9-22-6-2-1-3-15(22)21-10/h1-3,6-9H,4-5H2,(H,20,23). The van der Waals surface area contributed by atoms with Gasteiger partial charge in [0.1, 0.15) is 5.65 Å².